The van der Waals surface area contributed by atoms with E-state index in [1.54, 1.807) is 36.5 Å². The highest BCUT2D eigenvalue weighted by Crippen LogP contribution is 2.15. The Labute approximate surface area is 152 Å². The van der Waals surface area contributed by atoms with Crippen LogP contribution in [-0.4, -0.2) is 16.0 Å². The number of nitrogens with one attached hydrogen (secondary N) is 2. The third-order valence-electron chi connectivity index (χ3n) is 3.32. The second kappa shape index (κ2) is 9.39. The van der Waals surface area contributed by atoms with Gasteiger partial charge in [-0.15, -0.1) is 0 Å². The Morgan fingerprint density at radius 1 is 1.12 bits per heavy atom. The van der Waals surface area contributed by atoms with Gasteiger partial charge in [0.1, 0.15) is 5.15 Å². The average Bonchev–Trinajstić information content (AvgIpc) is 2.59. The summed E-state index contributed by atoms with van der Waals surface area (Å²) in [7, 11) is 0. The molecule has 0 aliphatic heterocycles. The topological polar surface area (TPSA) is 66.9 Å². The van der Waals surface area contributed by atoms with E-state index in [9.17, 15) is 4.79 Å². The molecular weight excluding hydrogens is 336 g/mol. The van der Waals surface area contributed by atoms with Crippen LogP contribution in [-0.2, 0) is 6.42 Å². The van der Waals surface area contributed by atoms with Crippen LogP contribution in [0, 0.1) is 0 Å². The van der Waals surface area contributed by atoms with Gasteiger partial charge in [0, 0.05) is 29.5 Å². The van der Waals surface area contributed by atoms with Gasteiger partial charge in [0.05, 0.1) is 0 Å². The Kier molecular flexibility index (Phi) is 6.92. The largest absolute Gasteiger partial charge is 0.323 e. The molecule has 25 heavy (non-hydrogen) atoms. The van der Waals surface area contributed by atoms with Gasteiger partial charge in [-0.25, -0.2) is 9.78 Å². The van der Waals surface area contributed by atoms with Crippen LogP contribution in [0.1, 0.15) is 12.1 Å². The van der Waals surface area contributed by atoms with Gasteiger partial charge in [-0.05, 0) is 42.7 Å². The number of hydrogen-bond donors (Lipinski definition) is 2. The van der Waals surface area contributed by atoms with Crippen molar-refractivity contribution in [2.24, 2.45) is 0 Å². The van der Waals surface area contributed by atoms with Crippen LogP contribution in [0.5, 0.6) is 0 Å². The number of hydrogen-bond acceptors (Lipinski definition) is 3. The van der Waals surface area contributed by atoms with Crippen molar-refractivity contribution >= 4 is 29.0 Å². The van der Waals surface area contributed by atoms with Gasteiger partial charge in [-0.1, -0.05) is 43.0 Å². The summed E-state index contributed by atoms with van der Waals surface area (Å²) in [5.41, 5.74) is 3.19. The van der Waals surface area contributed by atoms with Crippen LogP contribution < -0.4 is 10.6 Å². The number of rotatable bonds is 7. The lowest BCUT2D eigenvalue weighted by Crippen LogP contribution is -2.19. The van der Waals surface area contributed by atoms with E-state index in [-0.39, 0.29) is 6.03 Å². The van der Waals surface area contributed by atoms with Crippen LogP contribution in [0.15, 0.2) is 73.6 Å². The fourth-order valence-corrected chi connectivity index (χ4v) is 2.32. The van der Waals surface area contributed by atoms with Gasteiger partial charge in [-0.3, -0.25) is 4.98 Å². The molecule has 0 saturated heterocycles. The van der Waals surface area contributed by atoms with Gasteiger partial charge < -0.3 is 10.6 Å². The van der Waals surface area contributed by atoms with Crippen molar-refractivity contribution in [2.45, 2.75) is 12.8 Å². The van der Waals surface area contributed by atoms with Crippen molar-refractivity contribution in [1.82, 2.24) is 9.97 Å². The predicted octanol–water partition coefficient (Wildman–Crippen LogP) is 5.01. The van der Waals surface area contributed by atoms with Gasteiger partial charge >= 0.3 is 6.03 Å². The first-order valence-corrected chi connectivity index (χ1v) is 8.07. The standard InChI is InChI=1S/C19H19ClN4O/c1-3-5-14(4-2)6-7-15-12-16(8-10-21-15)23-19(25)24-17-9-11-22-18(20)13-17/h3-5,8-13H,1-2,6-7H2,(H2,21,22,23,24,25)/b14-5+. The minimum atomic E-state index is -0.363. The molecule has 0 aliphatic rings. The van der Waals surface area contributed by atoms with E-state index in [2.05, 4.69) is 33.8 Å². The number of allylic oxidation sites excluding steroid dienone is 4. The highest BCUT2D eigenvalue weighted by atomic mass is 35.5. The molecule has 2 N–H and O–H groups in total. The molecule has 0 unspecified atom stereocenters. The highest BCUT2D eigenvalue weighted by molar-refractivity contribution is 6.29. The lowest BCUT2D eigenvalue weighted by atomic mass is 10.1. The molecule has 0 atom stereocenters. The van der Waals surface area contributed by atoms with Crippen molar-refractivity contribution in [3.63, 3.8) is 0 Å². The maximum absolute atomic E-state index is 12.1. The van der Waals surface area contributed by atoms with Crippen molar-refractivity contribution in [1.29, 1.82) is 0 Å². The Balaban J connectivity index is 1.96. The first-order chi connectivity index (χ1) is 12.1. The van der Waals surface area contributed by atoms with Gasteiger partial charge in [0.15, 0.2) is 0 Å². The van der Waals surface area contributed by atoms with Crippen LogP contribution in [0.25, 0.3) is 0 Å². The molecule has 2 heterocycles. The first kappa shape index (κ1) is 18.4. The third-order valence-corrected chi connectivity index (χ3v) is 3.53. The van der Waals surface area contributed by atoms with E-state index in [4.69, 9.17) is 11.6 Å². The maximum Gasteiger partial charge on any atom is 0.323 e. The number of carbonyl (C=O) groups is 1. The van der Waals surface area contributed by atoms with E-state index in [1.807, 2.05) is 12.1 Å². The SMILES string of the molecule is C=C/C=C(\C=C)CCc1cc(NC(=O)Nc2ccnc(Cl)c2)ccn1. The van der Waals surface area contributed by atoms with Crippen molar-refractivity contribution in [2.75, 3.05) is 10.6 Å². The molecule has 0 saturated carbocycles. The molecule has 0 aromatic carbocycles. The number of nitrogens with zero attached hydrogens (tertiary/aromatic N) is 2. The summed E-state index contributed by atoms with van der Waals surface area (Å²) in [6.07, 6.45) is 10.2. The second-order valence-electron chi connectivity index (χ2n) is 5.16. The van der Waals surface area contributed by atoms with Crippen molar-refractivity contribution < 1.29 is 4.79 Å². The molecule has 2 rings (SSSR count). The molecule has 2 aromatic rings. The molecule has 0 fully saturated rings. The highest BCUT2D eigenvalue weighted by Gasteiger charge is 2.05. The van der Waals surface area contributed by atoms with Gasteiger partial charge in [0.25, 0.3) is 0 Å². The second-order valence-corrected chi connectivity index (χ2v) is 5.55. The predicted molar refractivity (Wildman–Crippen MR) is 103 cm³/mol. The number of halogens is 1. The summed E-state index contributed by atoms with van der Waals surface area (Å²) < 4.78 is 0. The minimum absolute atomic E-state index is 0.314. The minimum Gasteiger partial charge on any atom is -0.308 e. The molecule has 0 radical (unpaired) electrons. The summed E-state index contributed by atoms with van der Waals surface area (Å²) in [4.78, 5) is 20.3. The molecule has 6 heteroatoms. The van der Waals surface area contributed by atoms with Crippen LogP contribution >= 0.6 is 11.6 Å². The fourth-order valence-electron chi connectivity index (χ4n) is 2.14. The normalized spacial score (nSPS) is 10.8. The summed E-state index contributed by atoms with van der Waals surface area (Å²) in [6, 6.07) is 6.44. The van der Waals surface area contributed by atoms with E-state index in [0.717, 1.165) is 24.1 Å². The van der Waals surface area contributed by atoms with Crippen LogP contribution in [0.3, 0.4) is 0 Å². The Hall–Kier alpha value is -2.92. The zero-order valence-corrected chi connectivity index (χ0v) is 14.5. The number of aromatic nitrogens is 2. The summed E-state index contributed by atoms with van der Waals surface area (Å²) in [6.45, 7) is 7.46. The molecule has 0 spiro atoms. The molecule has 2 amide bonds. The van der Waals surface area contributed by atoms with Gasteiger partial charge in [0.2, 0.25) is 0 Å². The number of aryl methyl sites for hydroxylation is 1. The molecule has 5 nitrogen and oxygen atoms in total. The number of urea groups is 1. The zero-order chi connectivity index (χ0) is 18.1. The van der Waals surface area contributed by atoms with Gasteiger partial charge in [-0.2, -0.15) is 0 Å². The fraction of sp³-hybridized carbons (Fsp3) is 0.105. The van der Waals surface area contributed by atoms with E-state index < -0.39 is 0 Å². The monoisotopic (exact) mass is 354 g/mol. The molecule has 0 aliphatic carbocycles. The maximum atomic E-state index is 12.1. The Morgan fingerprint density at radius 2 is 1.80 bits per heavy atom. The van der Waals surface area contributed by atoms with Crippen LogP contribution in [0.2, 0.25) is 5.15 Å². The number of amides is 2. The van der Waals surface area contributed by atoms with Crippen molar-refractivity contribution in [3.8, 4) is 0 Å². The summed E-state index contributed by atoms with van der Waals surface area (Å²) in [5, 5.41) is 5.79. The summed E-state index contributed by atoms with van der Waals surface area (Å²) in [5.74, 6) is 0. The van der Waals surface area contributed by atoms with E-state index in [1.165, 1.54) is 6.20 Å². The molecule has 0 bridgehead atoms. The van der Waals surface area contributed by atoms with Crippen LogP contribution in [0.4, 0.5) is 16.2 Å². The summed E-state index contributed by atoms with van der Waals surface area (Å²) >= 11 is 5.80. The lowest BCUT2D eigenvalue weighted by molar-refractivity contribution is 0.262. The Bertz CT molecular complexity index is 802. The number of pyridine rings is 2. The quantitative estimate of drug-likeness (QED) is 0.542. The smallest absolute Gasteiger partial charge is 0.308 e. The lowest BCUT2D eigenvalue weighted by Gasteiger charge is -2.09. The molecular formula is C19H19ClN4O. The number of anilines is 2. The van der Waals surface area contributed by atoms with Crippen molar-refractivity contribution in [3.05, 3.63) is 84.5 Å². The van der Waals surface area contributed by atoms with E-state index in [0.29, 0.717) is 16.5 Å². The third kappa shape index (κ3) is 6.24. The average molecular weight is 355 g/mol. The van der Waals surface area contributed by atoms with E-state index >= 15 is 0 Å². The number of carbonyl (C=O) groups excluding carboxylic acids is 1. The first-order valence-electron chi connectivity index (χ1n) is 7.69. The Morgan fingerprint density at radius 3 is 2.44 bits per heavy atom. The molecule has 128 valence electrons. The zero-order valence-electron chi connectivity index (χ0n) is 13.7. The molecule has 2 aromatic heterocycles.